The minimum atomic E-state index is -2.16. The summed E-state index contributed by atoms with van der Waals surface area (Å²) in [4.78, 5) is -1.05. The van der Waals surface area contributed by atoms with Crippen LogP contribution in [0.25, 0.3) is 0 Å². The molecule has 0 saturated carbocycles. The van der Waals surface area contributed by atoms with Crippen molar-refractivity contribution in [2.24, 2.45) is 11.7 Å². The molecule has 0 fully saturated rings. The van der Waals surface area contributed by atoms with E-state index < -0.39 is 16.0 Å². The highest BCUT2D eigenvalue weighted by molar-refractivity contribution is 7.80. The largest absolute Gasteiger partial charge is 0.771 e. The second-order valence-corrected chi connectivity index (χ2v) is 5.24. The molecule has 0 aliphatic rings. The highest BCUT2D eigenvalue weighted by Crippen LogP contribution is 2.16. The van der Waals surface area contributed by atoms with Crippen LogP contribution in [0.3, 0.4) is 0 Å². The summed E-state index contributed by atoms with van der Waals surface area (Å²) in [6.45, 7) is 5.78. The summed E-state index contributed by atoms with van der Waals surface area (Å²) in [7, 11) is 0. The summed E-state index contributed by atoms with van der Waals surface area (Å²) in [5.74, 6) is 0.612. The Kier molecular flexibility index (Phi) is 4.97. The molecule has 0 aliphatic carbocycles. The van der Waals surface area contributed by atoms with Crippen molar-refractivity contribution in [2.45, 2.75) is 44.9 Å². The quantitative estimate of drug-likeness (QED) is 0.669. The predicted octanol–water partition coefficient (Wildman–Crippen LogP) is 1.37. The lowest BCUT2D eigenvalue weighted by molar-refractivity contribution is 0.443. The first-order valence-electron chi connectivity index (χ1n) is 4.24. The van der Waals surface area contributed by atoms with Crippen molar-refractivity contribution in [2.75, 3.05) is 0 Å². The Balaban J connectivity index is 3.69. The van der Waals surface area contributed by atoms with E-state index in [1.807, 2.05) is 0 Å². The number of hydrogen-bond donors (Lipinski definition) is 1. The Morgan fingerprint density at radius 2 is 2.08 bits per heavy atom. The zero-order valence-electron chi connectivity index (χ0n) is 8.00. The minimum absolute atomic E-state index is 0.543. The molecule has 12 heavy (non-hydrogen) atoms. The summed E-state index contributed by atoms with van der Waals surface area (Å²) >= 11 is -2.16. The molecule has 0 aromatic heterocycles. The second-order valence-electron chi connectivity index (χ2n) is 3.83. The molecule has 0 amide bonds. The molecular formula is C8H18NO2S-. The molecular weight excluding hydrogens is 174 g/mol. The molecule has 74 valence electrons. The van der Waals surface area contributed by atoms with Crippen LogP contribution < -0.4 is 5.73 Å². The first-order valence-corrected chi connectivity index (χ1v) is 5.32. The van der Waals surface area contributed by atoms with Crippen molar-refractivity contribution in [3.05, 3.63) is 0 Å². The maximum Gasteiger partial charge on any atom is 0.0759 e. The van der Waals surface area contributed by atoms with E-state index in [1.165, 1.54) is 0 Å². The minimum Gasteiger partial charge on any atom is -0.771 e. The molecule has 0 radical (unpaired) electrons. The zero-order valence-corrected chi connectivity index (χ0v) is 8.82. The third-order valence-electron chi connectivity index (χ3n) is 1.84. The number of hydrogen-bond acceptors (Lipinski definition) is 3. The standard InChI is InChI=1S/C8H19NO2S/c1-7(2)5-4-6-8(3,9)12(10)11/h7H,4-6,9H2,1-3H3,(H,10,11)/p-1. The Morgan fingerprint density at radius 3 is 2.42 bits per heavy atom. The molecule has 0 aliphatic heterocycles. The third-order valence-corrected chi connectivity index (χ3v) is 2.80. The first-order chi connectivity index (χ1) is 5.36. The van der Waals surface area contributed by atoms with E-state index in [4.69, 9.17) is 5.73 Å². The lowest BCUT2D eigenvalue weighted by atomic mass is 10.0. The first kappa shape index (κ1) is 12.1. The second kappa shape index (κ2) is 4.94. The van der Waals surface area contributed by atoms with Crippen LogP contribution in [0.1, 0.15) is 40.0 Å². The van der Waals surface area contributed by atoms with Gasteiger partial charge >= 0.3 is 0 Å². The van der Waals surface area contributed by atoms with Crippen molar-refractivity contribution in [1.82, 2.24) is 0 Å². The smallest absolute Gasteiger partial charge is 0.0759 e. The van der Waals surface area contributed by atoms with Gasteiger partial charge in [-0.2, -0.15) is 0 Å². The molecule has 2 N–H and O–H groups in total. The van der Waals surface area contributed by atoms with Crippen LogP contribution in [0, 0.1) is 5.92 Å². The molecule has 0 rings (SSSR count). The van der Waals surface area contributed by atoms with Gasteiger partial charge in [-0.05, 0) is 30.3 Å². The van der Waals surface area contributed by atoms with E-state index in [0.717, 1.165) is 12.8 Å². The Hall–Kier alpha value is 0.0700. The van der Waals surface area contributed by atoms with Gasteiger partial charge in [0.2, 0.25) is 0 Å². The predicted molar refractivity (Wildman–Crippen MR) is 50.2 cm³/mol. The molecule has 0 bridgehead atoms. The maximum absolute atomic E-state index is 10.6. The van der Waals surface area contributed by atoms with E-state index in [-0.39, 0.29) is 0 Å². The van der Waals surface area contributed by atoms with Crippen LogP contribution in [0.15, 0.2) is 0 Å². The van der Waals surface area contributed by atoms with Gasteiger partial charge in [-0.3, -0.25) is 4.21 Å². The van der Waals surface area contributed by atoms with Gasteiger partial charge in [0, 0.05) is 0 Å². The van der Waals surface area contributed by atoms with Crippen LogP contribution in [-0.4, -0.2) is 13.6 Å². The van der Waals surface area contributed by atoms with Gasteiger partial charge in [0.05, 0.1) is 4.87 Å². The highest BCUT2D eigenvalue weighted by atomic mass is 32.2. The van der Waals surface area contributed by atoms with Gasteiger partial charge in [0.15, 0.2) is 0 Å². The molecule has 0 spiro atoms. The fourth-order valence-electron chi connectivity index (χ4n) is 0.945. The summed E-state index contributed by atoms with van der Waals surface area (Å²) in [6.07, 6.45) is 2.45. The van der Waals surface area contributed by atoms with E-state index in [9.17, 15) is 8.76 Å². The van der Waals surface area contributed by atoms with Crippen LogP contribution >= 0.6 is 0 Å². The van der Waals surface area contributed by atoms with Crippen LogP contribution in [-0.2, 0) is 11.1 Å². The molecule has 0 aromatic rings. The molecule has 2 unspecified atom stereocenters. The van der Waals surface area contributed by atoms with E-state index >= 15 is 0 Å². The van der Waals surface area contributed by atoms with Gasteiger partial charge in [0.1, 0.15) is 0 Å². The summed E-state index contributed by atoms with van der Waals surface area (Å²) in [6, 6.07) is 0. The number of rotatable bonds is 5. The van der Waals surface area contributed by atoms with Gasteiger partial charge in [-0.15, -0.1) is 0 Å². The third kappa shape index (κ3) is 4.85. The Morgan fingerprint density at radius 1 is 1.58 bits per heavy atom. The highest BCUT2D eigenvalue weighted by Gasteiger charge is 2.18. The molecule has 2 atom stereocenters. The van der Waals surface area contributed by atoms with Crippen molar-refractivity contribution in [1.29, 1.82) is 0 Å². The van der Waals surface area contributed by atoms with Crippen LogP contribution in [0.2, 0.25) is 0 Å². The Bertz CT molecular complexity index is 157. The maximum atomic E-state index is 10.6. The zero-order chi connectivity index (χ0) is 9.78. The SMILES string of the molecule is CC(C)CCCC(C)(N)S(=O)[O-]. The van der Waals surface area contributed by atoms with Crippen molar-refractivity contribution in [3.63, 3.8) is 0 Å². The lowest BCUT2D eigenvalue weighted by Gasteiger charge is -2.27. The van der Waals surface area contributed by atoms with Crippen molar-refractivity contribution in [3.8, 4) is 0 Å². The van der Waals surface area contributed by atoms with E-state index in [1.54, 1.807) is 6.92 Å². The Labute approximate surface area is 77.0 Å². The van der Waals surface area contributed by atoms with Crippen molar-refractivity contribution < 1.29 is 8.76 Å². The van der Waals surface area contributed by atoms with Crippen molar-refractivity contribution >= 4 is 11.1 Å². The van der Waals surface area contributed by atoms with E-state index in [0.29, 0.717) is 12.3 Å². The average molecular weight is 192 g/mol. The molecule has 3 nitrogen and oxygen atoms in total. The number of nitrogens with two attached hydrogens (primary N) is 1. The summed E-state index contributed by atoms with van der Waals surface area (Å²) in [5, 5.41) is 0. The van der Waals surface area contributed by atoms with Crippen LogP contribution in [0.4, 0.5) is 0 Å². The van der Waals surface area contributed by atoms with Gasteiger partial charge in [-0.1, -0.05) is 26.7 Å². The summed E-state index contributed by atoms with van der Waals surface area (Å²) < 4.78 is 21.1. The van der Waals surface area contributed by atoms with Crippen LogP contribution in [0.5, 0.6) is 0 Å². The fourth-order valence-corrected chi connectivity index (χ4v) is 1.26. The average Bonchev–Trinajstić information content (AvgIpc) is 1.85. The molecule has 0 aromatic carbocycles. The van der Waals surface area contributed by atoms with Gasteiger partial charge in [-0.25, -0.2) is 0 Å². The molecule has 4 heteroatoms. The van der Waals surface area contributed by atoms with E-state index in [2.05, 4.69) is 13.8 Å². The van der Waals surface area contributed by atoms with Gasteiger partial charge in [0.25, 0.3) is 0 Å². The van der Waals surface area contributed by atoms with Gasteiger partial charge < -0.3 is 10.3 Å². The fraction of sp³-hybridized carbons (Fsp3) is 1.00. The monoisotopic (exact) mass is 192 g/mol. The molecule has 0 heterocycles. The summed E-state index contributed by atoms with van der Waals surface area (Å²) in [5.41, 5.74) is 5.53. The normalized spacial score (nSPS) is 19.2. The topological polar surface area (TPSA) is 66.2 Å². The lowest BCUT2D eigenvalue weighted by Crippen LogP contribution is -2.40. The molecule has 0 saturated heterocycles.